The minimum absolute atomic E-state index is 0.908. The first-order valence-electron chi connectivity index (χ1n) is 3.71. The number of hydrogen-bond acceptors (Lipinski definition) is 2. The Bertz CT molecular complexity index is 192. The first-order chi connectivity index (χ1) is 4.83. The fourth-order valence-electron chi connectivity index (χ4n) is 0.836. The van der Waals surface area contributed by atoms with Crippen LogP contribution in [0.2, 0.25) is 0 Å². The fourth-order valence-corrected chi connectivity index (χ4v) is 0.836. The van der Waals surface area contributed by atoms with Crippen molar-refractivity contribution in [2.75, 3.05) is 0 Å². The van der Waals surface area contributed by atoms with Gasteiger partial charge in [-0.3, -0.25) is 5.10 Å². The maximum absolute atomic E-state index is 4.18. The van der Waals surface area contributed by atoms with E-state index in [1.165, 1.54) is 12.8 Å². The second-order valence-electron chi connectivity index (χ2n) is 2.44. The molecular formula is C7H13N3. The van der Waals surface area contributed by atoms with Crippen LogP contribution in [0.3, 0.4) is 0 Å². The maximum atomic E-state index is 4.18. The summed E-state index contributed by atoms with van der Waals surface area (Å²) in [6.45, 7) is 4.09. The molecule has 0 saturated heterocycles. The van der Waals surface area contributed by atoms with E-state index in [0.717, 1.165) is 18.1 Å². The van der Waals surface area contributed by atoms with Crippen LogP contribution in [0.4, 0.5) is 0 Å². The van der Waals surface area contributed by atoms with Gasteiger partial charge in [-0.1, -0.05) is 13.3 Å². The lowest BCUT2D eigenvalue weighted by atomic mass is 10.2. The van der Waals surface area contributed by atoms with Crippen LogP contribution in [0.1, 0.15) is 31.4 Å². The maximum Gasteiger partial charge on any atom is 0.150 e. The molecule has 0 aliphatic carbocycles. The molecule has 0 saturated carbocycles. The number of hydrogen-bond donors (Lipinski definition) is 1. The van der Waals surface area contributed by atoms with E-state index in [-0.39, 0.29) is 0 Å². The van der Waals surface area contributed by atoms with E-state index >= 15 is 0 Å². The average Bonchev–Trinajstić information content (AvgIpc) is 2.31. The molecule has 1 rings (SSSR count). The first-order valence-corrected chi connectivity index (χ1v) is 3.71. The topological polar surface area (TPSA) is 41.6 Å². The summed E-state index contributed by atoms with van der Waals surface area (Å²) >= 11 is 0. The van der Waals surface area contributed by atoms with Crippen LogP contribution >= 0.6 is 0 Å². The third kappa shape index (κ3) is 1.83. The van der Waals surface area contributed by atoms with Gasteiger partial charge >= 0.3 is 0 Å². The van der Waals surface area contributed by atoms with Crippen molar-refractivity contribution >= 4 is 0 Å². The number of unbranched alkanes of at least 4 members (excludes halogenated alkanes) is 1. The molecule has 10 heavy (non-hydrogen) atoms. The fraction of sp³-hybridized carbons (Fsp3) is 0.714. The largest absolute Gasteiger partial charge is 0.263 e. The van der Waals surface area contributed by atoms with E-state index in [9.17, 15) is 0 Å². The minimum atomic E-state index is 0.908. The van der Waals surface area contributed by atoms with E-state index in [1.54, 1.807) is 0 Å². The molecule has 0 fully saturated rings. The number of nitrogens with one attached hydrogen (secondary N) is 1. The van der Waals surface area contributed by atoms with Crippen molar-refractivity contribution in [3.8, 4) is 0 Å². The molecule has 1 aromatic heterocycles. The molecule has 0 unspecified atom stereocenters. The Morgan fingerprint density at radius 3 is 2.80 bits per heavy atom. The van der Waals surface area contributed by atoms with Gasteiger partial charge in [-0.05, 0) is 13.3 Å². The molecule has 56 valence electrons. The first kappa shape index (κ1) is 7.25. The lowest BCUT2D eigenvalue weighted by Crippen LogP contribution is -1.86. The third-order valence-electron chi connectivity index (χ3n) is 1.40. The molecule has 0 aliphatic heterocycles. The number of rotatable bonds is 3. The smallest absolute Gasteiger partial charge is 0.150 e. The van der Waals surface area contributed by atoms with Crippen molar-refractivity contribution in [2.45, 2.75) is 33.1 Å². The highest BCUT2D eigenvalue weighted by Gasteiger charge is 1.96. The van der Waals surface area contributed by atoms with Gasteiger partial charge in [0, 0.05) is 6.42 Å². The number of nitrogens with zero attached hydrogens (tertiary/aromatic N) is 2. The van der Waals surface area contributed by atoms with Crippen molar-refractivity contribution in [2.24, 2.45) is 0 Å². The van der Waals surface area contributed by atoms with Gasteiger partial charge in [0.25, 0.3) is 0 Å². The molecule has 0 spiro atoms. The van der Waals surface area contributed by atoms with Gasteiger partial charge in [0.05, 0.1) is 0 Å². The monoisotopic (exact) mass is 139 g/mol. The van der Waals surface area contributed by atoms with Crippen molar-refractivity contribution in [1.29, 1.82) is 0 Å². The molecule has 3 heteroatoms. The summed E-state index contributed by atoms with van der Waals surface area (Å²) in [6, 6.07) is 0. The predicted molar refractivity (Wildman–Crippen MR) is 39.7 cm³/mol. The summed E-state index contributed by atoms with van der Waals surface area (Å²) in [7, 11) is 0. The van der Waals surface area contributed by atoms with E-state index in [2.05, 4.69) is 22.1 Å². The van der Waals surface area contributed by atoms with Crippen molar-refractivity contribution < 1.29 is 0 Å². The summed E-state index contributed by atoms with van der Waals surface area (Å²) in [5.74, 6) is 1.85. The van der Waals surface area contributed by atoms with Crippen LogP contribution in [0, 0.1) is 6.92 Å². The van der Waals surface area contributed by atoms with Crippen LogP contribution in [0.5, 0.6) is 0 Å². The van der Waals surface area contributed by atoms with Gasteiger partial charge < -0.3 is 0 Å². The Kier molecular flexibility index (Phi) is 2.42. The van der Waals surface area contributed by atoms with Crippen molar-refractivity contribution in [3.05, 3.63) is 11.6 Å². The summed E-state index contributed by atoms with van der Waals surface area (Å²) in [5.41, 5.74) is 0. The zero-order valence-electron chi connectivity index (χ0n) is 6.52. The lowest BCUT2D eigenvalue weighted by Gasteiger charge is -1.88. The molecule has 0 aliphatic rings. The Balaban J connectivity index is 2.42. The molecule has 0 aromatic carbocycles. The van der Waals surface area contributed by atoms with Crippen LogP contribution in [-0.4, -0.2) is 15.2 Å². The number of aryl methyl sites for hydroxylation is 2. The van der Waals surface area contributed by atoms with Gasteiger partial charge in [-0.25, -0.2) is 4.98 Å². The molecule has 0 atom stereocenters. The van der Waals surface area contributed by atoms with Crippen LogP contribution in [0.25, 0.3) is 0 Å². The number of aromatic amines is 1. The third-order valence-corrected chi connectivity index (χ3v) is 1.40. The van der Waals surface area contributed by atoms with Gasteiger partial charge in [-0.2, -0.15) is 5.10 Å². The highest BCUT2D eigenvalue weighted by atomic mass is 15.2. The van der Waals surface area contributed by atoms with E-state index < -0.39 is 0 Å². The Hall–Kier alpha value is -0.860. The Morgan fingerprint density at radius 1 is 1.50 bits per heavy atom. The normalized spacial score (nSPS) is 10.2. The Labute approximate surface area is 60.9 Å². The van der Waals surface area contributed by atoms with Crippen molar-refractivity contribution in [3.63, 3.8) is 0 Å². The molecule has 0 radical (unpaired) electrons. The minimum Gasteiger partial charge on any atom is -0.263 e. The second-order valence-corrected chi connectivity index (χ2v) is 2.44. The quantitative estimate of drug-likeness (QED) is 0.688. The lowest BCUT2D eigenvalue weighted by molar-refractivity contribution is 0.755. The molecule has 1 heterocycles. The average molecular weight is 139 g/mol. The van der Waals surface area contributed by atoms with Crippen LogP contribution in [0.15, 0.2) is 0 Å². The molecule has 1 N–H and O–H groups in total. The predicted octanol–water partition coefficient (Wildman–Crippen LogP) is 1.46. The molecule has 1 aromatic rings. The number of aromatic nitrogens is 3. The van der Waals surface area contributed by atoms with E-state index in [4.69, 9.17) is 0 Å². The summed E-state index contributed by atoms with van der Waals surface area (Å²) in [5, 5.41) is 6.83. The van der Waals surface area contributed by atoms with Crippen molar-refractivity contribution in [1.82, 2.24) is 15.2 Å². The van der Waals surface area contributed by atoms with Gasteiger partial charge in [0.1, 0.15) is 5.82 Å². The molecular weight excluding hydrogens is 126 g/mol. The van der Waals surface area contributed by atoms with Crippen LogP contribution in [-0.2, 0) is 6.42 Å². The van der Waals surface area contributed by atoms with Gasteiger partial charge in [0.15, 0.2) is 5.82 Å². The number of H-pyrrole nitrogens is 1. The van der Waals surface area contributed by atoms with E-state index in [0.29, 0.717) is 0 Å². The standard InChI is InChI=1S/C7H13N3/c1-3-4-5-7-8-6(2)9-10-7/h3-5H2,1-2H3,(H,8,9,10). The Morgan fingerprint density at radius 2 is 2.30 bits per heavy atom. The van der Waals surface area contributed by atoms with Gasteiger partial charge in [0.2, 0.25) is 0 Å². The molecule has 3 nitrogen and oxygen atoms in total. The summed E-state index contributed by atoms with van der Waals surface area (Å²) < 4.78 is 0. The summed E-state index contributed by atoms with van der Waals surface area (Å²) in [4.78, 5) is 4.18. The molecule has 0 amide bonds. The molecule has 0 bridgehead atoms. The highest BCUT2D eigenvalue weighted by Crippen LogP contribution is 1.97. The van der Waals surface area contributed by atoms with Crippen LogP contribution < -0.4 is 0 Å². The highest BCUT2D eigenvalue weighted by molar-refractivity contribution is 4.86. The second kappa shape index (κ2) is 3.34. The van der Waals surface area contributed by atoms with Gasteiger partial charge in [-0.15, -0.1) is 0 Å². The zero-order valence-corrected chi connectivity index (χ0v) is 6.52. The SMILES string of the molecule is CCCCc1n[nH]c(C)n1. The zero-order chi connectivity index (χ0) is 7.40. The van der Waals surface area contributed by atoms with E-state index in [1.807, 2.05) is 6.92 Å². The summed E-state index contributed by atoms with van der Waals surface area (Å²) in [6.07, 6.45) is 3.38.